The lowest BCUT2D eigenvalue weighted by Gasteiger charge is -2.12. The number of aryl methyl sites for hydroxylation is 1. The Labute approximate surface area is 155 Å². The minimum absolute atomic E-state index is 0. The van der Waals surface area contributed by atoms with Crippen LogP contribution in [0.25, 0.3) is 0 Å². The minimum Gasteiger partial charge on any atom is -0.492 e. The van der Waals surface area contributed by atoms with Crippen LogP contribution in [0, 0.1) is 6.92 Å². The van der Waals surface area contributed by atoms with Gasteiger partial charge in [0.1, 0.15) is 12.4 Å². The van der Waals surface area contributed by atoms with Crippen LogP contribution in [-0.2, 0) is 4.79 Å². The third-order valence-electron chi connectivity index (χ3n) is 2.90. The van der Waals surface area contributed by atoms with Gasteiger partial charge in [-0.3, -0.25) is 9.79 Å². The van der Waals surface area contributed by atoms with Crippen molar-refractivity contribution in [2.24, 2.45) is 4.99 Å². The van der Waals surface area contributed by atoms with Gasteiger partial charge in [0.25, 0.3) is 0 Å². The van der Waals surface area contributed by atoms with Gasteiger partial charge in [-0.2, -0.15) is 0 Å². The van der Waals surface area contributed by atoms with E-state index in [0.29, 0.717) is 25.7 Å². The van der Waals surface area contributed by atoms with Crippen molar-refractivity contribution < 1.29 is 9.53 Å². The van der Waals surface area contributed by atoms with E-state index in [1.54, 1.807) is 7.05 Å². The van der Waals surface area contributed by atoms with Gasteiger partial charge >= 0.3 is 0 Å². The zero-order chi connectivity index (χ0) is 16.2. The van der Waals surface area contributed by atoms with Crippen molar-refractivity contribution in [1.29, 1.82) is 0 Å². The molecule has 0 aliphatic rings. The summed E-state index contributed by atoms with van der Waals surface area (Å²) in [5.74, 6) is 1.38. The Balaban J connectivity index is 0.00000484. The van der Waals surface area contributed by atoms with Crippen molar-refractivity contribution in [2.75, 3.05) is 33.3 Å². The van der Waals surface area contributed by atoms with Gasteiger partial charge in [0.15, 0.2) is 5.96 Å². The highest BCUT2D eigenvalue weighted by molar-refractivity contribution is 14.0. The molecular formula is C16H27IN4O2. The van der Waals surface area contributed by atoms with Crippen LogP contribution in [0.3, 0.4) is 0 Å². The first kappa shape index (κ1) is 21.5. The first-order valence-electron chi connectivity index (χ1n) is 7.56. The number of amides is 1. The number of rotatable bonds is 8. The summed E-state index contributed by atoms with van der Waals surface area (Å²) >= 11 is 0. The van der Waals surface area contributed by atoms with Gasteiger partial charge < -0.3 is 20.7 Å². The number of benzene rings is 1. The lowest BCUT2D eigenvalue weighted by Crippen LogP contribution is -2.44. The summed E-state index contributed by atoms with van der Waals surface area (Å²) in [6, 6.07) is 7.91. The number of carbonyl (C=O) groups is 1. The summed E-state index contributed by atoms with van der Waals surface area (Å²) in [5.41, 5.74) is 1.21. The van der Waals surface area contributed by atoms with E-state index < -0.39 is 0 Å². The number of halogens is 1. The highest BCUT2D eigenvalue weighted by atomic mass is 127. The quantitative estimate of drug-likeness (QED) is 0.252. The maximum absolute atomic E-state index is 11.5. The van der Waals surface area contributed by atoms with Crippen molar-refractivity contribution in [3.63, 3.8) is 0 Å². The van der Waals surface area contributed by atoms with E-state index in [0.717, 1.165) is 12.2 Å². The molecule has 0 aliphatic carbocycles. The fraction of sp³-hybridized carbons (Fsp3) is 0.500. The Morgan fingerprint density at radius 1 is 1.13 bits per heavy atom. The SMILES string of the molecule is CCCNC(=O)CNC(=NC)NCCOc1ccc(C)cc1.I. The van der Waals surface area contributed by atoms with Crippen molar-refractivity contribution in [3.05, 3.63) is 29.8 Å². The third-order valence-corrected chi connectivity index (χ3v) is 2.90. The van der Waals surface area contributed by atoms with Crippen LogP contribution in [0.15, 0.2) is 29.3 Å². The highest BCUT2D eigenvalue weighted by Gasteiger charge is 2.02. The van der Waals surface area contributed by atoms with Crippen LogP contribution in [0.2, 0.25) is 0 Å². The average Bonchev–Trinajstić information content (AvgIpc) is 2.53. The first-order chi connectivity index (χ1) is 10.7. The lowest BCUT2D eigenvalue weighted by atomic mass is 10.2. The van der Waals surface area contributed by atoms with Crippen molar-refractivity contribution in [3.8, 4) is 5.75 Å². The molecule has 0 aliphatic heterocycles. The molecular weight excluding hydrogens is 407 g/mol. The molecule has 130 valence electrons. The molecule has 7 heteroatoms. The summed E-state index contributed by atoms with van der Waals surface area (Å²) in [7, 11) is 1.67. The summed E-state index contributed by atoms with van der Waals surface area (Å²) < 4.78 is 5.61. The topological polar surface area (TPSA) is 74.8 Å². The Bertz CT molecular complexity index is 477. The third kappa shape index (κ3) is 9.98. The van der Waals surface area contributed by atoms with Gasteiger partial charge in [-0.05, 0) is 25.5 Å². The van der Waals surface area contributed by atoms with Gasteiger partial charge in [-0.25, -0.2) is 0 Å². The van der Waals surface area contributed by atoms with Gasteiger partial charge in [0.05, 0.1) is 13.1 Å². The van der Waals surface area contributed by atoms with E-state index in [9.17, 15) is 4.79 Å². The molecule has 0 aromatic heterocycles. The molecule has 0 saturated carbocycles. The Morgan fingerprint density at radius 3 is 2.43 bits per heavy atom. The summed E-state index contributed by atoms with van der Waals surface area (Å²) in [6.07, 6.45) is 0.926. The van der Waals surface area contributed by atoms with Gasteiger partial charge in [-0.15, -0.1) is 24.0 Å². The molecule has 0 saturated heterocycles. The Morgan fingerprint density at radius 2 is 1.83 bits per heavy atom. The second-order valence-corrected chi connectivity index (χ2v) is 4.86. The monoisotopic (exact) mass is 434 g/mol. The van der Waals surface area contributed by atoms with Crippen molar-refractivity contribution >= 4 is 35.8 Å². The maximum Gasteiger partial charge on any atom is 0.239 e. The van der Waals surface area contributed by atoms with Crippen LogP contribution in [0.1, 0.15) is 18.9 Å². The zero-order valence-electron chi connectivity index (χ0n) is 14.0. The molecule has 23 heavy (non-hydrogen) atoms. The molecule has 0 atom stereocenters. The van der Waals surface area contributed by atoms with E-state index in [4.69, 9.17) is 4.74 Å². The van der Waals surface area contributed by atoms with Crippen molar-refractivity contribution in [1.82, 2.24) is 16.0 Å². The molecule has 1 aromatic rings. The van der Waals surface area contributed by atoms with Crippen LogP contribution in [0.5, 0.6) is 5.75 Å². The second-order valence-electron chi connectivity index (χ2n) is 4.86. The molecule has 1 aromatic carbocycles. The number of hydrogen-bond donors (Lipinski definition) is 3. The predicted octanol–water partition coefficient (Wildman–Crippen LogP) is 1.68. The number of nitrogens with zero attached hydrogens (tertiary/aromatic N) is 1. The molecule has 1 rings (SSSR count). The van der Waals surface area contributed by atoms with E-state index >= 15 is 0 Å². The van der Waals surface area contributed by atoms with Crippen LogP contribution < -0.4 is 20.7 Å². The fourth-order valence-corrected chi connectivity index (χ4v) is 1.68. The highest BCUT2D eigenvalue weighted by Crippen LogP contribution is 2.10. The minimum atomic E-state index is -0.0410. The molecule has 0 radical (unpaired) electrons. The zero-order valence-corrected chi connectivity index (χ0v) is 16.3. The molecule has 0 spiro atoms. The van der Waals surface area contributed by atoms with E-state index in [1.165, 1.54) is 5.56 Å². The summed E-state index contributed by atoms with van der Waals surface area (Å²) in [5, 5.41) is 8.85. The lowest BCUT2D eigenvalue weighted by molar-refractivity contribution is -0.120. The smallest absolute Gasteiger partial charge is 0.239 e. The number of guanidine groups is 1. The first-order valence-corrected chi connectivity index (χ1v) is 7.56. The molecule has 6 nitrogen and oxygen atoms in total. The summed E-state index contributed by atoms with van der Waals surface area (Å²) in [6.45, 7) is 6.07. The maximum atomic E-state index is 11.5. The Kier molecular flexibility index (Phi) is 12.1. The molecule has 0 bridgehead atoms. The predicted molar refractivity (Wildman–Crippen MR) is 105 cm³/mol. The number of hydrogen-bond acceptors (Lipinski definition) is 3. The molecule has 1 amide bonds. The van der Waals surface area contributed by atoms with E-state index in [1.807, 2.05) is 38.1 Å². The van der Waals surface area contributed by atoms with Crippen LogP contribution in [-0.4, -0.2) is 45.2 Å². The van der Waals surface area contributed by atoms with Gasteiger partial charge in [0, 0.05) is 13.6 Å². The number of ether oxygens (including phenoxy) is 1. The second kappa shape index (κ2) is 13.0. The van der Waals surface area contributed by atoms with Crippen LogP contribution >= 0.6 is 24.0 Å². The summed E-state index contributed by atoms with van der Waals surface area (Å²) in [4.78, 5) is 15.5. The van der Waals surface area contributed by atoms with E-state index in [2.05, 4.69) is 20.9 Å². The fourth-order valence-electron chi connectivity index (χ4n) is 1.68. The average molecular weight is 434 g/mol. The molecule has 0 heterocycles. The molecule has 0 fully saturated rings. The van der Waals surface area contributed by atoms with Crippen LogP contribution in [0.4, 0.5) is 0 Å². The number of aliphatic imine (C=N–C) groups is 1. The molecule has 0 unspecified atom stereocenters. The largest absolute Gasteiger partial charge is 0.492 e. The standard InChI is InChI=1S/C16H26N4O2.HI/c1-4-9-18-15(21)12-20-16(17-3)19-10-11-22-14-7-5-13(2)6-8-14;/h5-8H,4,9-12H2,1-3H3,(H,18,21)(H2,17,19,20);1H. The van der Waals surface area contributed by atoms with E-state index in [-0.39, 0.29) is 36.4 Å². The number of carbonyl (C=O) groups excluding carboxylic acids is 1. The van der Waals surface area contributed by atoms with Gasteiger partial charge in [0.2, 0.25) is 5.91 Å². The Hall–Kier alpha value is -1.51. The van der Waals surface area contributed by atoms with Gasteiger partial charge in [-0.1, -0.05) is 24.6 Å². The molecule has 3 N–H and O–H groups in total. The normalized spacial score (nSPS) is 10.5. The number of nitrogens with one attached hydrogen (secondary N) is 3. The van der Waals surface area contributed by atoms with Crippen molar-refractivity contribution in [2.45, 2.75) is 20.3 Å².